The van der Waals surface area contributed by atoms with Crippen molar-refractivity contribution in [3.8, 4) is 0 Å². The van der Waals surface area contributed by atoms with E-state index in [1.54, 1.807) is 0 Å². The zero-order valence-electron chi connectivity index (χ0n) is 11.1. The number of hydrogen-bond acceptors (Lipinski definition) is 2. The number of rotatable bonds is 4. The van der Waals surface area contributed by atoms with Crippen LogP contribution in [0.4, 0.5) is 0 Å². The average Bonchev–Trinajstić information content (AvgIpc) is 3.27. The van der Waals surface area contributed by atoms with E-state index in [-0.39, 0.29) is 5.38 Å². The first-order valence-corrected chi connectivity index (χ1v) is 7.57. The molecule has 3 nitrogen and oxygen atoms in total. The van der Waals surface area contributed by atoms with Crippen LogP contribution in [0.25, 0.3) is 11.0 Å². The number of fused-ring (bicyclic) bond motifs is 1. The maximum absolute atomic E-state index is 6.32. The van der Waals surface area contributed by atoms with Gasteiger partial charge in [-0.2, -0.15) is 0 Å². The van der Waals surface area contributed by atoms with Gasteiger partial charge in [-0.05, 0) is 50.0 Å². The van der Waals surface area contributed by atoms with Gasteiger partial charge in [-0.3, -0.25) is 4.98 Å². The molecule has 4 rings (SSSR count). The molecule has 19 heavy (non-hydrogen) atoms. The first kappa shape index (κ1) is 11.7. The molecule has 2 saturated carbocycles. The van der Waals surface area contributed by atoms with E-state index in [2.05, 4.69) is 20.6 Å². The van der Waals surface area contributed by atoms with E-state index in [1.807, 2.05) is 19.3 Å². The predicted molar refractivity (Wildman–Crippen MR) is 76.2 cm³/mol. The minimum absolute atomic E-state index is 0.0533. The van der Waals surface area contributed by atoms with Crippen molar-refractivity contribution in [3.63, 3.8) is 0 Å². The van der Waals surface area contributed by atoms with Gasteiger partial charge in [-0.1, -0.05) is 0 Å². The van der Waals surface area contributed by atoms with Crippen molar-refractivity contribution in [3.05, 3.63) is 24.3 Å². The minimum atomic E-state index is -0.0533. The van der Waals surface area contributed by atoms with Gasteiger partial charge in [0.1, 0.15) is 11.3 Å². The van der Waals surface area contributed by atoms with Crippen molar-refractivity contribution >= 4 is 22.6 Å². The van der Waals surface area contributed by atoms with Crippen molar-refractivity contribution in [1.82, 2.24) is 14.5 Å². The number of imidazole rings is 1. The molecule has 100 valence electrons. The van der Waals surface area contributed by atoms with Gasteiger partial charge < -0.3 is 4.57 Å². The van der Waals surface area contributed by atoms with Crippen molar-refractivity contribution < 1.29 is 0 Å². The molecule has 2 aliphatic carbocycles. The van der Waals surface area contributed by atoms with Crippen LogP contribution < -0.4 is 0 Å². The van der Waals surface area contributed by atoms with Crippen LogP contribution in [0.3, 0.4) is 0 Å². The van der Waals surface area contributed by atoms with Gasteiger partial charge in [0.25, 0.3) is 0 Å². The lowest BCUT2D eigenvalue weighted by atomic mass is 10.0. The van der Waals surface area contributed by atoms with Crippen molar-refractivity contribution in [2.45, 2.75) is 44.5 Å². The molecule has 0 N–H and O–H groups in total. The molecule has 2 aromatic rings. The van der Waals surface area contributed by atoms with Gasteiger partial charge in [0.05, 0.1) is 17.1 Å². The number of alkyl halides is 1. The molecule has 2 aromatic heterocycles. The summed E-state index contributed by atoms with van der Waals surface area (Å²) in [5.41, 5.74) is 2.71. The molecule has 0 amide bonds. The Bertz CT molecular complexity index is 623. The van der Waals surface area contributed by atoms with Crippen LogP contribution in [0.2, 0.25) is 0 Å². The molecule has 2 heterocycles. The zero-order valence-corrected chi connectivity index (χ0v) is 11.9. The Morgan fingerprint density at radius 3 is 2.89 bits per heavy atom. The number of pyridine rings is 1. The van der Waals surface area contributed by atoms with Gasteiger partial charge in [0.2, 0.25) is 0 Å². The van der Waals surface area contributed by atoms with Gasteiger partial charge in [0.15, 0.2) is 0 Å². The Kier molecular flexibility index (Phi) is 2.44. The fourth-order valence-corrected chi connectivity index (χ4v) is 3.50. The molecule has 1 atom stereocenters. The monoisotopic (exact) mass is 275 g/mol. The summed E-state index contributed by atoms with van der Waals surface area (Å²) in [6, 6.07) is 2.06. The summed E-state index contributed by atoms with van der Waals surface area (Å²) < 4.78 is 2.35. The van der Waals surface area contributed by atoms with Gasteiger partial charge in [-0.25, -0.2) is 4.98 Å². The second kappa shape index (κ2) is 3.95. The molecular formula is C15H18ClN3. The Labute approximate surface area is 118 Å². The fourth-order valence-electron chi connectivity index (χ4n) is 3.34. The van der Waals surface area contributed by atoms with Crippen LogP contribution in [-0.2, 0) is 6.54 Å². The van der Waals surface area contributed by atoms with Crippen LogP contribution in [0.15, 0.2) is 18.5 Å². The van der Waals surface area contributed by atoms with Crippen LogP contribution >= 0.6 is 11.6 Å². The molecule has 2 aliphatic rings. The van der Waals surface area contributed by atoms with E-state index in [0.29, 0.717) is 5.41 Å². The lowest BCUT2D eigenvalue weighted by Crippen LogP contribution is -2.16. The fraction of sp³-hybridized carbons (Fsp3) is 0.600. The van der Waals surface area contributed by atoms with E-state index >= 15 is 0 Å². The highest BCUT2D eigenvalue weighted by Gasteiger charge is 2.54. The molecule has 0 aliphatic heterocycles. The Hall–Kier alpha value is -1.09. The minimum Gasteiger partial charge on any atom is -0.326 e. The lowest BCUT2D eigenvalue weighted by Gasteiger charge is -2.18. The molecule has 0 radical (unpaired) electrons. The third-order valence-electron chi connectivity index (χ3n) is 4.74. The van der Waals surface area contributed by atoms with E-state index < -0.39 is 0 Å². The zero-order chi connectivity index (χ0) is 13.0. The van der Waals surface area contributed by atoms with Crippen LogP contribution in [0.5, 0.6) is 0 Å². The Morgan fingerprint density at radius 1 is 1.47 bits per heavy atom. The van der Waals surface area contributed by atoms with Crippen molar-refractivity contribution in [1.29, 1.82) is 0 Å². The molecule has 4 heteroatoms. The molecule has 0 bridgehead atoms. The highest BCUT2D eigenvalue weighted by Crippen LogP contribution is 2.62. The third kappa shape index (κ3) is 1.86. The molecular weight excluding hydrogens is 258 g/mol. The maximum atomic E-state index is 6.32. The quantitative estimate of drug-likeness (QED) is 0.792. The second-order valence-corrected chi connectivity index (χ2v) is 6.83. The summed E-state index contributed by atoms with van der Waals surface area (Å²) in [5.74, 6) is 1.95. The van der Waals surface area contributed by atoms with Crippen molar-refractivity contribution in [2.24, 2.45) is 11.3 Å². The Morgan fingerprint density at radius 2 is 2.26 bits per heavy atom. The largest absolute Gasteiger partial charge is 0.326 e. The normalized spacial score (nSPS) is 22.6. The second-order valence-electron chi connectivity index (χ2n) is 6.17. The number of hydrogen-bond donors (Lipinski definition) is 0. The van der Waals surface area contributed by atoms with Crippen LogP contribution in [0.1, 0.15) is 43.8 Å². The first-order chi connectivity index (χ1) is 9.20. The summed E-state index contributed by atoms with van der Waals surface area (Å²) in [6.45, 7) is 3.09. The van der Waals surface area contributed by atoms with Crippen LogP contribution in [0, 0.1) is 11.3 Å². The lowest BCUT2D eigenvalue weighted by molar-refractivity contribution is 0.369. The highest BCUT2D eigenvalue weighted by molar-refractivity contribution is 6.20. The third-order valence-corrected chi connectivity index (χ3v) is 4.94. The van der Waals surface area contributed by atoms with Crippen molar-refractivity contribution in [2.75, 3.05) is 0 Å². The summed E-state index contributed by atoms with van der Waals surface area (Å²) in [4.78, 5) is 8.84. The Balaban J connectivity index is 1.80. The molecule has 0 aromatic carbocycles. The number of aromatic nitrogens is 3. The predicted octanol–water partition coefficient (Wildman–Crippen LogP) is 3.92. The van der Waals surface area contributed by atoms with E-state index in [9.17, 15) is 0 Å². The van der Waals surface area contributed by atoms with E-state index in [4.69, 9.17) is 11.6 Å². The summed E-state index contributed by atoms with van der Waals surface area (Å²) in [6.07, 6.45) is 9.27. The number of nitrogens with zero attached hydrogens (tertiary/aromatic N) is 3. The first-order valence-electron chi connectivity index (χ1n) is 7.14. The molecule has 0 spiro atoms. The van der Waals surface area contributed by atoms with Crippen LogP contribution in [-0.4, -0.2) is 14.5 Å². The summed E-state index contributed by atoms with van der Waals surface area (Å²) in [7, 11) is 0. The maximum Gasteiger partial charge on any atom is 0.127 e. The van der Waals surface area contributed by atoms with Gasteiger partial charge >= 0.3 is 0 Å². The molecule has 2 fully saturated rings. The van der Waals surface area contributed by atoms with E-state index in [1.165, 1.54) is 31.2 Å². The molecule has 0 saturated heterocycles. The average molecular weight is 276 g/mol. The van der Waals surface area contributed by atoms with Gasteiger partial charge in [-0.15, -0.1) is 11.6 Å². The standard InChI is InChI=1S/C15H18ClN3/c1-10(16)14-18-12-8-17-7-4-13(12)19(14)9-15(5-6-15)11-2-3-11/h4,7-8,10-11H,2-3,5-6,9H2,1H3. The molecule has 1 unspecified atom stereocenters. The highest BCUT2D eigenvalue weighted by atomic mass is 35.5. The smallest absolute Gasteiger partial charge is 0.127 e. The topological polar surface area (TPSA) is 30.7 Å². The summed E-state index contributed by atoms with van der Waals surface area (Å²) in [5, 5.41) is -0.0533. The SMILES string of the molecule is CC(Cl)c1nc2cnccc2n1CC1(C2CC2)CC1. The number of halogens is 1. The summed E-state index contributed by atoms with van der Waals surface area (Å²) >= 11 is 6.32. The van der Waals surface area contributed by atoms with E-state index in [0.717, 1.165) is 23.8 Å². The van der Waals surface area contributed by atoms with Gasteiger partial charge in [0, 0.05) is 12.7 Å².